The number of H-pyrrole nitrogens is 1. The molecule has 2 aromatic rings. The van der Waals surface area contributed by atoms with Crippen LogP contribution in [0.15, 0.2) is 18.2 Å². The average molecular weight is 289 g/mol. The minimum absolute atomic E-state index is 0.181. The van der Waals surface area contributed by atoms with Gasteiger partial charge in [-0.3, -0.25) is 0 Å². The average Bonchev–Trinajstić information content (AvgIpc) is 2.76. The van der Waals surface area contributed by atoms with Gasteiger partial charge in [-0.25, -0.2) is 4.39 Å². The summed E-state index contributed by atoms with van der Waals surface area (Å²) in [6.07, 6.45) is 3.45. The Labute approximate surface area is 125 Å². The largest absolute Gasteiger partial charge is 0.358 e. The van der Waals surface area contributed by atoms with Crippen molar-refractivity contribution in [1.29, 1.82) is 0 Å². The Bertz CT molecular complexity index is 612. The molecule has 0 spiro atoms. The predicted octanol–water partition coefficient (Wildman–Crippen LogP) is 2.84. The lowest BCUT2D eigenvalue weighted by Gasteiger charge is -2.29. The Morgan fingerprint density at radius 2 is 2.10 bits per heavy atom. The van der Waals surface area contributed by atoms with Gasteiger partial charge in [0.1, 0.15) is 5.82 Å². The number of nitrogens with zero attached hydrogens (tertiary/aromatic N) is 1. The van der Waals surface area contributed by atoms with Crippen molar-refractivity contribution < 1.29 is 4.39 Å². The second kappa shape index (κ2) is 6.16. The molecule has 1 aliphatic rings. The fraction of sp³-hybridized carbons (Fsp3) is 0.529. The van der Waals surface area contributed by atoms with Crippen molar-refractivity contribution in [3.05, 3.63) is 35.3 Å². The van der Waals surface area contributed by atoms with E-state index in [1.807, 2.05) is 6.07 Å². The van der Waals surface area contributed by atoms with Gasteiger partial charge in [0.15, 0.2) is 0 Å². The lowest BCUT2D eigenvalue weighted by molar-refractivity contribution is 0.235. The zero-order valence-electron chi connectivity index (χ0n) is 12.9. The summed E-state index contributed by atoms with van der Waals surface area (Å²) in [5.74, 6) is -0.181. The Morgan fingerprint density at radius 3 is 2.86 bits per heavy atom. The highest BCUT2D eigenvalue weighted by Gasteiger charge is 2.16. The number of rotatable bonds is 4. The van der Waals surface area contributed by atoms with Gasteiger partial charge in [-0.1, -0.05) is 0 Å². The Hall–Kier alpha value is -1.39. The van der Waals surface area contributed by atoms with Crippen LogP contribution in [0, 0.1) is 12.7 Å². The van der Waals surface area contributed by atoms with Crippen LogP contribution in [0.4, 0.5) is 4.39 Å². The number of fused-ring (bicyclic) bond motifs is 1. The van der Waals surface area contributed by atoms with Crippen LogP contribution in [0.3, 0.4) is 0 Å². The van der Waals surface area contributed by atoms with Crippen LogP contribution in [0.5, 0.6) is 0 Å². The Balaban J connectivity index is 1.61. The van der Waals surface area contributed by atoms with E-state index in [-0.39, 0.29) is 5.82 Å². The summed E-state index contributed by atoms with van der Waals surface area (Å²) in [7, 11) is 2.19. The van der Waals surface area contributed by atoms with Gasteiger partial charge in [0.25, 0.3) is 0 Å². The third kappa shape index (κ3) is 3.27. The molecule has 0 amide bonds. The number of hydrogen-bond donors (Lipinski definition) is 2. The van der Waals surface area contributed by atoms with Crippen LogP contribution >= 0.6 is 0 Å². The van der Waals surface area contributed by atoms with Gasteiger partial charge < -0.3 is 15.2 Å². The quantitative estimate of drug-likeness (QED) is 0.907. The standard InChI is InChI=1S/C17H24FN3/c1-12-15(16-4-3-13(18)11-17(16)20-12)5-8-19-14-6-9-21(2)10-7-14/h3-4,11,14,19-20H,5-10H2,1-2H3. The van der Waals surface area contributed by atoms with Gasteiger partial charge in [-0.05, 0) is 76.6 Å². The maximum Gasteiger partial charge on any atom is 0.125 e. The van der Waals surface area contributed by atoms with E-state index in [4.69, 9.17) is 0 Å². The van der Waals surface area contributed by atoms with Crippen molar-refractivity contribution in [2.24, 2.45) is 0 Å². The first-order valence-electron chi connectivity index (χ1n) is 7.82. The maximum atomic E-state index is 13.3. The molecule has 21 heavy (non-hydrogen) atoms. The smallest absolute Gasteiger partial charge is 0.125 e. The summed E-state index contributed by atoms with van der Waals surface area (Å²) in [5.41, 5.74) is 3.37. The van der Waals surface area contributed by atoms with E-state index < -0.39 is 0 Å². The molecule has 1 aliphatic heterocycles. The molecular weight excluding hydrogens is 265 g/mol. The van der Waals surface area contributed by atoms with Crippen molar-refractivity contribution in [2.45, 2.75) is 32.2 Å². The molecule has 3 rings (SSSR count). The first-order chi connectivity index (χ1) is 10.1. The van der Waals surface area contributed by atoms with Crippen LogP contribution in [0.2, 0.25) is 0 Å². The Morgan fingerprint density at radius 1 is 1.33 bits per heavy atom. The summed E-state index contributed by atoms with van der Waals surface area (Å²) in [6.45, 7) is 5.43. The summed E-state index contributed by atoms with van der Waals surface area (Å²) >= 11 is 0. The van der Waals surface area contributed by atoms with Crippen LogP contribution < -0.4 is 5.32 Å². The van der Waals surface area contributed by atoms with E-state index in [0.717, 1.165) is 29.6 Å². The third-order valence-corrected chi connectivity index (χ3v) is 4.61. The first-order valence-corrected chi connectivity index (χ1v) is 7.82. The normalized spacial score (nSPS) is 17.7. The molecule has 1 aromatic heterocycles. The highest BCUT2D eigenvalue weighted by molar-refractivity contribution is 5.84. The lowest BCUT2D eigenvalue weighted by atomic mass is 10.0. The van der Waals surface area contributed by atoms with Gasteiger partial charge in [0.2, 0.25) is 0 Å². The highest BCUT2D eigenvalue weighted by atomic mass is 19.1. The maximum absolute atomic E-state index is 13.3. The molecule has 0 saturated carbocycles. The number of hydrogen-bond acceptors (Lipinski definition) is 2. The predicted molar refractivity (Wildman–Crippen MR) is 85.2 cm³/mol. The van der Waals surface area contributed by atoms with E-state index in [2.05, 4.69) is 29.2 Å². The summed E-state index contributed by atoms with van der Waals surface area (Å²) in [4.78, 5) is 5.67. The molecule has 114 valence electrons. The van der Waals surface area contributed by atoms with Crippen LogP contribution in [-0.2, 0) is 6.42 Å². The van der Waals surface area contributed by atoms with Crippen molar-refractivity contribution in [3.8, 4) is 0 Å². The summed E-state index contributed by atoms with van der Waals surface area (Å²) < 4.78 is 13.3. The molecule has 0 aliphatic carbocycles. The van der Waals surface area contributed by atoms with Crippen LogP contribution in [0.25, 0.3) is 10.9 Å². The molecular formula is C17H24FN3. The second-order valence-electron chi connectivity index (χ2n) is 6.20. The zero-order valence-corrected chi connectivity index (χ0v) is 12.9. The van der Waals surface area contributed by atoms with Gasteiger partial charge in [0.05, 0.1) is 0 Å². The highest BCUT2D eigenvalue weighted by Crippen LogP contribution is 2.23. The minimum atomic E-state index is -0.181. The minimum Gasteiger partial charge on any atom is -0.358 e. The molecule has 0 radical (unpaired) electrons. The number of halogens is 1. The van der Waals surface area contributed by atoms with E-state index in [1.165, 1.54) is 31.5 Å². The number of nitrogens with one attached hydrogen (secondary N) is 2. The van der Waals surface area contributed by atoms with Gasteiger partial charge in [0, 0.05) is 22.6 Å². The van der Waals surface area contributed by atoms with Crippen molar-refractivity contribution in [1.82, 2.24) is 15.2 Å². The van der Waals surface area contributed by atoms with Gasteiger partial charge in [-0.15, -0.1) is 0 Å². The number of aryl methyl sites for hydroxylation is 1. The molecule has 4 heteroatoms. The first kappa shape index (κ1) is 14.5. The van der Waals surface area contributed by atoms with Crippen LogP contribution in [-0.4, -0.2) is 42.6 Å². The molecule has 0 atom stereocenters. The SMILES string of the molecule is Cc1[nH]c2cc(F)ccc2c1CCNC1CCN(C)CC1. The van der Waals surface area contributed by atoms with E-state index >= 15 is 0 Å². The Kier molecular flexibility index (Phi) is 4.27. The van der Waals surface area contributed by atoms with Crippen molar-refractivity contribution >= 4 is 10.9 Å². The summed E-state index contributed by atoms with van der Waals surface area (Å²) in [6, 6.07) is 5.66. The second-order valence-corrected chi connectivity index (χ2v) is 6.20. The van der Waals surface area contributed by atoms with Crippen molar-refractivity contribution in [2.75, 3.05) is 26.7 Å². The topological polar surface area (TPSA) is 31.1 Å². The molecule has 0 bridgehead atoms. The van der Waals surface area contributed by atoms with Gasteiger partial charge in [-0.2, -0.15) is 0 Å². The molecule has 1 fully saturated rings. The molecule has 1 saturated heterocycles. The summed E-state index contributed by atoms with van der Waals surface area (Å²) in [5, 5.41) is 4.82. The number of aromatic nitrogens is 1. The fourth-order valence-electron chi connectivity index (χ4n) is 3.30. The zero-order chi connectivity index (χ0) is 14.8. The van der Waals surface area contributed by atoms with E-state index in [0.29, 0.717) is 6.04 Å². The van der Waals surface area contributed by atoms with Gasteiger partial charge >= 0.3 is 0 Å². The number of likely N-dealkylation sites (tertiary alicyclic amines) is 1. The monoisotopic (exact) mass is 289 g/mol. The van der Waals surface area contributed by atoms with Crippen molar-refractivity contribution in [3.63, 3.8) is 0 Å². The van der Waals surface area contributed by atoms with E-state index in [9.17, 15) is 4.39 Å². The number of piperidine rings is 1. The van der Waals surface area contributed by atoms with E-state index in [1.54, 1.807) is 12.1 Å². The lowest BCUT2D eigenvalue weighted by Crippen LogP contribution is -2.41. The molecule has 1 aromatic carbocycles. The molecule has 2 heterocycles. The third-order valence-electron chi connectivity index (χ3n) is 4.61. The fourth-order valence-corrected chi connectivity index (χ4v) is 3.30. The van der Waals surface area contributed by atoms with Crippen LogP contribution in [0.1, 0.15) is 24.1 Å². The molecule has 0 unspecified atom stereocenters. The number of aromatic amines is 1. The number of benzene rings is 1. The molecule has 3 nitrogen and oxygen atoms in total. The molecule has 2 N–H and O–H groups in total.